The largest absolute Gasteiger partial charge is 0.416 e. The minimum Gasteiger partial charge on any atom is -0.332 e. The molecule has 3 aromatic rings. The summed E-state index contributed by atoms with van der Waals surface area (Å²) in [6.45, 7) is 2.90. The van der Waals surface area contributed by atoms with E-state index in [1.54, 1.807) is 31.4 Å². The Bertz CT molecular complexity index is 1240. The van der Waals surface area contributed by atoms with Gasteiger partial charge < -0.3 is 9.80 Å². The number of rotatable bonds is 9. The van der Waals surface area contributed by atoms with Gasteiger partial charge in [-0.3, -0.25) is 9.59 Å². The molecule has 0 fully saturated rings. The average molecular weight is 575 g/mol. The Morgan fingerprint density at radius 3 is 1.92 bits per heavy atom. The van der Waals surface area contributed by atoms with Crippen LogP contribution in [0.15, 0.2) is 60.0 Å². The summed E-state index contributed by atoms with van der Waals surface area (Å²) >= 11 is 1.37. The Hall–Kier alpha value is -3.41. The minimum atomic E-state index is -5.12. The molecule has 0 aliphatic rings. The quantitative estimate of drug-likeness (QED) is 0.253. The van der Waals surface area contributed by atoms with Gasteiger partial charge in [0.05, 0.1) is 17.7 Å². The van der Waals surface area contributed by atoms with Crippen molar-refractivity contribution in [2.24, 2.45) is 5.92 Å². The third-order valence-corrected chi connectivity index (χ3v) is 6.46. The number of halogens is 7. The topological polar surface area (TPSA) is 40.6 Å². The van der Waals surface area contributed by atoms with E-state index >= 15 is 0 Å². The fourth-order valence-corrected chi connectivity index (χ4v) is 4.54. The predicted molar refractivity (Wildman–Crippen MR) is 132 cm³/mol. The van der Waals surface area contributed by atoms with Crippen LogP contribution in [-0.2, 0) is 30.2 Å². The molecule has 0 bridgehead atoms. The van der Waals surface area contributed by atoms with Crippen LogP contribution < -0.4 is 0 Å². The number of hydrogen-bond acceptors (Lipinski definition) is 3. The van der Waals surface area contributed by atoms with Gasteiger partial charge in [-0.05, 0) is 53.3 Å². The monoisotopic (exact) mass is 574 g/mol. The van der Waals surface area contributed by atoms with Gasteiger partial charge in [0, 0.05) is 23.5 Å². The molecule has 0 spiro atoms. The molecule has 39 heavy (non-hydrogen) atoms. The highest BCUT2D eigenvalue weighted by atomic mass is 32.1. The smallest absolute Gasteiger partial charge is 0.332 e. The SMILES string of the molecule is CC(C)CN(CC(=O)N(Cc1ccc(F)cc1)Cc1cccs1)C(=O)c1cc(C(F)(F)F)cc(C(F)(F)F)c1. The first kappa shape index (κ1) is 30.1. The Balaban J connectivity index is 1.94. The second kappa shape index (κ2) is 12.2. The van der Waals surface area contributed by atoms with Crippen molar-refractivity contribution in [3.05, 3.63) is 92.9 Å². The molecular weight excluding hydrogens is 549 g/mol. The van der Waals surface area contributed by atoms with Crippen LogP contribution in [-0.4, -0.2) is 34.7 Å². The molecule has 12 heteroatoms. The molecule has 1 aromatic heterocycles. The summed E-state index contributed by atoms with van der Waals surface area (Å²) in [6, 6.07) is 9.65. The van der Waals surface area contributed by atoms with Gasteiger partial charge in [0.15, 0.2) is 0 Å². The molecule has 0 aliphatic carbocycles. The van der Waals surface area contributed by atoms with Gasteiger partial charge >= 0.3 is 12.4 Å². The summed E-state index contributed by atoms with van der Waals surface area (Å²) in [5, 5.41) is 1.80. The van der Waals surface area contributed by atoms with Crippen LogP contribution in [0.4, 0.5) is 30.7 Å². The molecule has 0 aliphatic heterocycles. The molecule has 2 aromatic carbocycles. The van der Waals surface area contributed by atoms with Gasteiger partial charge in [0.1, 0.15) is 12.4 Å². The number of thiophene rings is 1. The summed E-state index contributed by atoms with van der Waals surface area (Å²) in [5.41, 5.74) is -3.47. The molecule has 1 heterocycles. The Kier molecular flexibility index (Phi) is 9.42. The van der Waals surface area contributed by atoms with Crippen LogP contribution >= 0.6 is 11.3 Å². The zero-order valence-electron chi connectivity index (χ0n) is 20.9. The van der Waals surface area contributed by atoms with Gasteiger partial charge in [-0.15, -0.1) is 11.3 Å². The first-order chi connectivity index (χ1) is 18.1. The van der Waals surface area contributed by atoms with E-state index in [0.29, 0.717) is 17.7 Å². The third kappa shape index (κ3) is 8.54. The Morgan fingerprint density at radius 2 is 1.44 bits per heavy atom. The maximum atomic E-state index is 13.4. The number of amides is 2. The van der Waals surface area contributed by atoms with Gasteiger partial charge in [-0.2, -0.15) is 26.3 Å². The van der Waals surface area contributed by atoms with E-state index < -0.39 is 53.2 Å². The molecule has 0 saturated carbocycles. The summed E-state index contributed by atoms with van der Waals surface area (Å²) in [7, 11) is 0. The normalized spacial score (nSPS) is 12.1. The maximum Gasteiger partial charge on any atom is 0.416 e. The second-order valence-electron chi connectivity index (χ2n) is 9.33. The van der Waals surface area contributed by atoms with E-state index in [9.17, 15) is 40.3 Å². The number of nitrogens with zero attached hydrogens (tertiary/aromatic N) is 2. The lowest BCUT2D eigenvalue weighted by atomic mass is 10.0. The van der Waals surface area contributed by atoms with Crippen molar-refractivity contribution < 1.29 is 40.3 Å². The van der Waals surface area contributed by atoms with E-state index in [4.69, 9.17) is 0 Å². The molecule has 0 saturated heterocycles. The highest BCUT2D eigenvalue weighted by Crippen LogP contribution is 2.36. The van der Waals surface area contributed by atoms with Crippen molar-refractivity contribution in [3.63, 3.8) is 0 Å². The zero-order valence-corrected chi connectivity index (χ0v) is 21.8. The number of carbonyl (C=O) groups excluding carboxylic acids is 2. The molecule has 3 rings (SSSR count). The van der Waals surface area contributed by atoms with Crippen molar-refractivity contribution in [1.82, 2.24) is 9.80 Å². The molecule has 2 amide bonds. The zero-order chi connectivity index (χ0) is 29.0. The van der Waals surface area contributed by atoms with Gasteiger partial charge in [0.25, 0.3) is 5.91 Å². The van der Waals surface area contributed by atoms with Crippen molar-refractivity contribution in [1.29, 1.82) is 0 Å². The van der Waals surface area contributed by atoms with E-state index in [2.05, 4.69) is 0 Å². The minimum absolute atomic E-state index is 0.0441. The molecule has 0 atom stereocenters. The first-order valence-electron chi connectivity index (χ1n) is 11.8. The van der Waals surface area contributed by atoms with Gasteiger partial charge in [-0.25, -0.2) is 4.39 Å². The van der Waals surface area contributed by atoms with Crippen LogP contribution in [0.2, 0.25) is 0 Å². The molecule has 4 nitrogen and oxygen atoms in total. The Morgan fingerprint density at radius 1 is 0.846 bits per heavy atom. The maximum absolute atomic E-state index is 13.4. The molecule has 0 radical (unpaired) electrons. The summed E-state index contributed by atoms with van der Waals surface area (Å²) in [5.74, 6) is -2.43. The average Bonchev–Trinajstić information content (AvgIpc) is 3.35. The molecule has 0 unspecified atom stereocenters. The molecule has 0 N–H and O–H groups in total. The standard InChI is InChI=1S/C27H25F7N2O2S/c1-17(2)13-36(25(38)19-10-20(26(29,30)31)12-21(11-19)27(32,33)34)16-24(37)35(15-23-4-3-9-39-23)14-18-5-7-22(28)8-6-18/h3-12,17H,13-16H2,1-2H3. The van der Waals surface area contributed by atoms with Gasteiger partial charge in [-0.1, -0.05) is 32.0 Å². The fraction of sp³-hybridized carbons (Fsp3) is 0.333. The number of alkyl halides is 6. The highest BCUT2D eigenvalue weighted by molar-refractivity contribution is 7.09. The molecular formula is C27H25F7N2O2S. The van der Waals surface area contributed by atoms with Crippen molar-refractivity contribution in [2.45, 2.75) is 39.3 Å². The van der Waals surface area contributed by atoms with Crippen molar-refractivity contribution in [2.75, 3.05) is 13.1 Å². The van der Waals surface area contributed by atoms with Crippen LogP contribution in [0.25, 0.3) is 0 Å². The van der Waals surface area contributed by atoms with E-state index in [1.165, 1.54) is 40.5 Å². The summed E-state index contributed by atoms with van der Waals surface area (Å²) in [6.07, 6.45) is -10.2. The first-order valence-corrected chi connectivity index (χ1v) is 12.6. The molecule has 210 valence electrons. The predicted octanol–water partition coefficient (Wildman–Crippen LogP) is 7.25. The van der Waals surface area contributed by atoms with Crippen LogP contribution in [0.1, 0.15) is 45.8 Å². The lowest BCUT2D eigenvalue weighted by molar-refractivity contribution is -0.143. The summed E-state index contributed by atoms with van der Waals surface area (Å²) in [4.78, 5) is 29.9. The van der Waals surface area contributed by atoms with Crippen LogP contribution in [0, 0.1) is 11.7 Å². The number of carbonyl (C=O) groups is 2. The van der Waals surface area contributed by atoms with Crippen molar-refractivity contribution >= 4 is 23.2 Å². The van der Waals surface area contributed by atoms with E-state index in [-0.39, 0.29) is 31.6 Å². The summed E-state index contributed by atoms with van der Waals surface area (Å²) < 4.78 is 93.6. The van der Waals surface area contributed by atoms with Crippen LogP contribution in [0.3, 0.4) is 0 Å². The third-order valence-electron chi connectivity index (χ3n) is 5.60. The Labute approximate surface area is 224 Å². The van der Waals surface area contributed by atoms with E-state index in [1.807, 2.05) is 0 Å². The number of benzene rings is 2. The lowest BCUT2D eigenvalue weighted by Gasteiger charge is -2.29. The van der Waals surface area contributed by atoms with Crippen molar-refractivity contribution in [3.8, 4) is 0 Å². The highest BCUT2D eigenvalue weighted by Gasteiger charge is 2.38. The van der Waals surface area contributed by atoms with Crippen LogP contribution in [0.5, 0.6) is 0 Å². The van der Waals surface area contributed by atoms with E-state index in [0.717, 1.165) is 9.78 Å². The number of hydrogen-bond donors (Lipinski definition) is 0. The van der Waals surface area contributed by atoms with Gasteiger partial charge in [0.2, 0.25) is 5.91 Å². The second-order valence-corrected chi connectivity index (χ2v) is 10.4. The lowest BCUT2D eigenvalue weighted by Crippen LogP contribution is -2.44. The fourth-order valence-electron chi connectivity index (χ4n) is 3.82.